The molecule has 1 saturated heterocycles. The van der Waals surface area contributed by atoms with Crippen LogP contribution in [0.1, 0.15) is 5.56 Å². The lowest BCUT2D eigenvalue weighted by Crippen LogP contribution is -2.51. The second kappa shape index (κ2) is 10.1. The fourth-order valence-electron chi connectivity index (χ4n) is 4.50. The molecule has 1 atom stereocenters. The van der Waals surface area contributed by atoms with Crippen LogP contribution in [0.2, 0.25) is 0 Å². The summed E-state index contributed by atoms with van der Waals surface area (Å²) in [6, 6.07) is 6.95. The largest absolute Gasteiger partial charge is 0.390 e. The minimum Gasteiger partial charge on any atom is -0.390 e. The number of hydrogen-bond donors (Lipinski definition) is 1. The number of nitrogens with zero attached hydrogens (tertiary/aromatic N) is 6. The number of β-amino-alcohol motifs (C(OH)–C–C–N with tert-alkyl or cyclic N) is 1. The van der Waals surface area contributed by atoms with Crippen molar-refractivity contribution in [1.82, 2.24) is 28.5 Å². The van der Waals surface area contributed by atoms with Gasteiger partial charge in [-0.2, -0.15) is 0 Å². The number of aryl methyl sites for hydroxylation is 3. The lowest BCUT2D eigenvalue weighted by atomic mass is 10.2. The third-order valence-electron chi connectivity index (χ3n) is 6.55. The van der Waals surface area contributed by atoms with Gasteiger partial charge >= 0.3 is 5.69 Å². The van der Waals surface area contributed by atoms with Crippen LogP contribution in [0.5, 0.6) is 0 Å². The van der Waals surface area contributed by atoms with Gasteiger partial charge in [-0.3, -0.25) is 23.7 Å². The Morgan fingerprint density at radius 2 is 1.74 bits per heavy atom. The molecule has 190 valence electrons. The summed E-state index contributed by atoms with van der Waals surface area (Å²) in [6.45, 7) is 5.21. The molecular weight excluding hydrogens is 472 g/mol. The zero-order valence-electron chi connectivity index (χ0n) is 20.3. The highest BCUT2D eigenvalue weighted by Crippen LogP contribution is 2.14. The molecule has 1 aliphatic heterocycles. The van der Waals surface area contributed by atoms with Gasteiger partial charge in [0.05, 0.1) is 29.6 Å². The molecule has 0 saturated carbocycles. The molecule has 4 rings (SSSR count). The standard InChI is InChI=1S/C23H32N6O5S/c1-17-5-4-6-19(13-17)35(33,34)12-11-27-7-9-28(10-8-27)14-18(30)15-29-22(31)20-21(24-16-25(20)2)26(3)23(29)32/h4-6,13,16,18,30H,7-12,14-15H2,1-3H3. The third kappa shape index (κ3) is 5.40. The number of aliphatic hydroxyl groups is 1. The van der Waals surface area contributed by atoms with Crippen LogP contribution in [0, 0.1) is 6.92 Å². The summed E-state index contributed by atoms with van der Waals surface area (Å²) in [5.41, 5.74) is 0.558. The highest BCUT2D eigenvalue weighted by atomic mass is 32.2. The van der Waals surface area contributed by atoms with E-state index in [2.05, 4.69) is 14.8 Å². The van der Waals surface area contributed by atoms with Crippen LogP contribution in [0.25, 0.3) is 11.2 Å². The Morgan fingerprint density at radius 1 is 1.06 bits per heavy atom. The van der Waals surface area contributed by atoms with E-state index in [0.29, 0.717) is 55.3 Å². The molecule has 0 spiro atoms. The minimum atomic E-state index is -3.34. The third-order valence-corrected chi connectivity index (χ3v) is 8.25. The van der Waals surface area contributed by atoms with Crippen molar-refractivity contribution in [2.45, 2.75) is 24.5 Å². The quantitative estimate of drug-likeness (QED) is 0.423. The zero-order valence-corrected chi connectivity index (χ0v) is 21.1. The summed E-state index contributed by atoms with van der Waals surface area (Å²) in [5, 5.41) is 10.6. The number of aliphatic hydroxyl groups excluding tert-OH is 1. The van der Waals surface area contributed by atoms with Gasteiger partial charge < -0.3 is 9.67 Å². The molecular formula is C23H32N6O5S. The highest BCUT2D eigenvalue weighted by Gasteiger charge is 2.23. The summed E-state index contributed by atoms with van der Waals surface area (Å²) in [6.07, 6.45) is 0.581. The maximum atomic E-state index is 12.8. The van der Waals surface area contributed by atoms with E-state index in [0.717, 1.165) is 10.1 Å². The Balaban J connectivity index is 1.31. The van der Waals surface area contributed by atoms with Gasteiger partial charge in [-0.05, 0) is 24.6 Å². The van der Waals surface area contributed by atoms with E-state index < -0.39 is 27.2 Å². The van der Waals surface area contributed by atoms with E-state index in [9.17, 15) is 23.1 Å². The molecule has 35 heavy (non-hydrogen) atoms. The van der Waals surface area contributed by atoms with Gasteiger partial charge in [0.25, 0.3) is 5.56 Å². The Hall–Kier alpha value is -2.80. The molecule has 3 aromatic rings. The minimum absolute atomic E-state index is 0.0573. The zero-order chi connectivity index (χ0) is 25.3. The number of sulfone groups is 1. The fourth-order valence-corrected chi connectivity index (χ4v) is 5.88. The monoisotopic (exact) mass is 504 g/mol. The molecule has 0 bridgehead atoms. The summed E-state index contributed by atoms with van der Waals surface area (Å²) in [4.78, 5) is 34.1. The molecule has 3 heterocycles. The van der Waals surface area contributed by atoms with Gasteiger partial charge in [-0.25, -0.2) is 18.2 Å². The van der Waals surface area contributed by atoms with Crippen molar-refractivity contribution in [2.75, 3.05) is 45.0 Å². The summed E-state index contributed by atoms with van der Waals surface area (Å²) < 4.78 is 29.2. The normalized spacial score (nSPS) is 16.7. The first-order chi connectivity index (χ1) is 16.6. The van der Waals surface area contributed by atoms with E-state index in [1.54, 1.807) is 36.9 Å². The van der Waals surface area contributed by atoms with Crippen LogP contribution >= 0.6 is 0 Å². The van der Waals surface area contributed by atoms with Crippen LogP contribution in [0.3, 0.4) is 0 Å². The topological polar surface area (TPSA) is 123 Å². The fraction of sp³-hybridized carbons (Fsp3) is 0.522. The van der Waals surface area contributed by atoms with Gasteiger partial charge in [-0.1, -0.05) is 12.1 Å². The molecule has 1 N–H and O–H groups in total. The Labute approximate surface area is 203 Å². The lowest BCUT2D eigenvalue weighted by molar-refractivity contribution is 0.0648. The van der Waals surface area contributed by atoms with Crippen molar-refractivity contribution >= 4 is 21.0 Å². The molecule has 0 aliphatic carbocycles. The average molecular weight is 505 g/mol. The van der Waals surface area contributed by atoms with E-state index in [1.165, 1.54) is 10.9 Å². The lowest BCUT2D eigenvalue weighted by Gasteiger charge is -2.35. The number of imidazole rings is 1. The highest BCUT2D eigenvalue weighted by molar-refractivity contribution is 7.91. The summed E-state index contributed by atoms with van der Waals surface area (Å²) in [7, 11) is -0.0989. The molecule has 0 radical (unpaired) electrons. The van der Waals surface area contributed by atoms with Crippen LogP contribution < -0.4 is 11.2 Å². The Morgan fingerprint density at radius 3 is 2.43 bits per heavy atom. The van der Waals surface area contributed by atoms with Crippen molar-refractivity contribution in [3.63, 3.8) is 0 Å². The number of aromatic nitrogens is 4. The van der Waals surface area contributed by atoms with Crippen LogP contribution in [-0.4, -0.2) is 93.1 Å². The van der Waals surface area contributed by atoms with Crippen molar-refractivity contribution in [1.29, 1.82) is 0 Å². The van der Waals surface area contributed by atoms with Crippen LogP contribution in [-0.2, 0) is 30.5 Å². The molecule has 1 unspecified atom stereocenters. The van der Waals surface area contributed by atoms with E-state index >= 15 is 0 Å². The molecule has 1 aromatic carbocycles. The number of benzene rings is 1. The summed E-state index contributed by atoms with van der Waals surface area (Å²) >= 11 is 0. The second-order valence-corrected chi connectivity index (χ2v) is 11.3. The van der Waals surface area contributed by atoms with Crippen LogP contribution in [0.4, 0.5) is 0 Å². The van der Waals surface area contributed by atoms with Gasteiger partial charge in [0.1, 0.15) is 0 Å². The predicted molar refractivity (Wildman–Crippen MR) is 132 cm³/mol. The first-order valence-corrected chi connectivity index (χ1v) is 13.2. The Kier molecular flexibility index (Phi) is 7.27. The maximum Gasteiger partial charge on any atom is 0.332 e. The predicted octanol–water partition coefficient (Wildman–Crippen LogP) is -0.805. The Bertz CT molecular complexity index is 1430. The smallest absolute Gasteiger partial charge is 0.332 e. The molecule has 1 aliphatic rings. The van der Waals surface area contributed by atoms with Gasteiger partial charge in [0.15, 0.2) is 21.0 Å². The van der Waals surface area contributed by atoms with E-state index in [1.807, 2.05) is 13.0 Å². The van der Waals surface area contributed by atoms with Gasteiger partial charge in [0, 0.05) is 53.4 Å². The first-order valence-electron chi connectivity index (χ1n) is 11.6. The number of fused-ring (bicyclic) bond motifs is 1. The number of hydrogen-bond acceptors (Lipinski definition) is 8. The van der Waals surface area contributed by atoms with E-state index in [4.69, 9.17) is 0 Å². The van der Waals surface area contributed by atoms with Crippen molar-refractivity contribution in [2.24, 2.45) is 14.1 Å². The average Bonchev–Trinajstić information content (AvgIpc) is 3.22. The van der Waals surface area contributed by atoms with Crippen molar-refractivity contribution in [3.8, 4) is 0 Å². The van der Waals surface area contributed by atoms with Gasteiger partial charge in [-0.15, -0.1) is 0 Å². The maximum absolute atomic E-state index is 12.8. The molecule has 2 aromatic heterocycles. The molecule has 11 nitrogen and oxygen atoms in total. The van der Waals surface area contributed by atoms with Crippen molar-refractivity contribution < 1.29 is 13.5 Å². The second-order valence-electron chi connectivity index (χ2n) is 9.22. The molecule has 0 amide bonds. The SMILES string of the molecule is Cc1cccc(S(=O)(=O)CCN2CCN(CC(O)Cn3c(=O)c4c(ncn4C)n(C)c3=O)CC2)c1. The van der Waals surface area contributed by atoms with Gasteiger partial charge in [0.2, 0.25) is 0 Å². The first kappa shape index (κ1) is 25.3. The summed E-state index contributed by atoms with van der Waals surface area (Å²) in [5.74, 6) is 0.0573. The number of rotatable bonds is 8. The number of piperazine rings is 1. The molecule has 12 heteroatoms. The molecule has 1 fully saturated rings. The van der Waals surface area contributed by atoms with Crippen LogP contribution in [0.15, 0.2) is 45.1 Å². The van der Waals surface area contributed by atoms with E-state index in [-0.39, 0.29) is 12.3 Å². The van der Waals surface area contributed by atoms with Crippen molar-refractivity contribution in [3.05, 3.63) is 57.0 Å².